The minimum absolute atomic E-state index is 0.0123. The van der Waals surface area contributed by atoms with Gasteiger partial charge in [0.05, 0.1) is 25.0 Å². The van der Waals surface area contributed by atoms with E-state index in [4.69, 9.17) is 9.47 Å². The number of carbonyl (C=O) groups is 2. The lowest BCUT2D eigenvalue weighted by Crippen LogP contribution is -2.22. The Kier molecular flexibility index (Phi) is 8.94. The molecule has 0 aliphatic heterocycles. The van der Waals surface area contributed by atoms with E-state index in [0.29, 0.717) is 25.1 Å². The monoisotopic (exact) mass is 450 g/mol. The van der Waals surface area contributed by atoms with Crippen molar-refractivity contribution in [2.45, 2.75) is 52.2 Å². The maximum Gasteiger partial charge on any atom is 0.337 e. The number of methoxy groups -OCH3 is 1. The molecular weight excluding hydrogens is 419 g/mol. The molecule has 0 amide bonds. The lowest BCUT2D eigenvalue weighted by molar-refractivity contribution is 0.0600. The molecule has 0 radical (unpaired) electrons. The maximum absolute atomic E-state index is 13.9. The molecule has 0 spiro atoms. The van der Waals surface area contributed by atoms with E-state index in [0.717, 1.165) is 23.6 Å². The zero-order valence-corrected chi connectivity index (χ0v) is 19.9. The molecule has 1 aromatic carbocycles. The summed E-state index contributed by atoms with van der Waals surface area (Å²) in [7, 11) is 0.0810. The minimum Gasteiger partial charge on any atom is -0.490 e. The Morgan fingerprint density at radius 3 is 2.65 bits per heavy atom. The molecule has 2 aromatic rings. The lowest BCUT2D eigenvalue weighted by Gasteiger charge is -2.15. The Morgan fingerprint density at radius 2 is 2.00 bits per heavy atom. The van der Waals surface area contributed by atoms with Crippen molar-refractivity contribution in [1.29, 1.82) is 0 Å². The van der Waals surface area contributed by atoms with Gasteiger partial charge in [-0.1, -0.05) is 19.6 Å². The van der Waals surface area contributed by atoms with Crippen LogP contribution in [0.4, 0.5) is 4.39 Å². The summed E-state index contributed by atoms with van der Waals surface area (Å²) < 4.78 is 31.4. The van der Waals surface area contributed by atoms with Crippen LogP contribution in [0.5, 0.6) is 5.75 Å². The number of aromatic nitrogens is 2. The van der Waals surface area contributed by atoms with E-state index in [-0.39, 0.29) is 24.7 Å². The summed E-state index contributed by atoms with van der Waals surface area (Å²) in [6.07, 6.45) is 1.89. The number of carbonyl (C=O) groups excluding carboxylic acids is 2. The van der Waals surface area contributed by atoms with Crippen LogP contribution in [0.15, 0.2) is 18.2 Å². The van der Waals surface area contributed by atoms with Crippen molar-refractivity contribution in [3.8, 4) is 5.75 Å². The van der Waals surface area contributed by atoms with Gasteiger partial charge < -0.3 is 14.2 Å². The number of aldehydes is 1. The van der Waals surface area contributed by atoms with Crippen LogP contribution >= 0.6 is 0 Å². The molecule has 2 rings (SSSR count). The molecule has 0 atom stereocenters. The van der Waals surface area contributed by atoms with Gasteiger partial charge in [-0.25, -0.2) is 13.9 Å². The smallest absolute Gasteiger partial charge is 0.337 e. The van der Waals surface area contributed by atoms with Crippen LogP contribution in [0.3, 0.4) is 0 Å². The van der Waals surface area contributed by atoms with Crippen molar-refractivity contribution in [2.24, 2.45) is 0 Å². The average Bonchev–Trinajstić information content (AvgIpc) is 3.02. The highest BCUT2D eigenvalue weighted by molar-refractivity contribution is 6.76. The first kappa shape index (κ1) is 24.7. The molecule has 0 N–H and O–H groups in total. The van der Waals surface area contributed by atoms with Crippen LogP contribution in [-0.2, 0) is 22.6 Å². The van der Waals surface area contributed by atoms with Crippen molar-refractivity contribution in [3.63, 3.8) is 0 Å². The third-order valence-corrected chi connectivity index (χ3v) is 6.50. The van der Waals surface area contributed by atoms with Crippen LogP contribution < -0.4 is 4.74 Å². The summed E-state index contributed by atoms with van der Waals surface area (Å²) in [5.74, 6) is -1.13. The fourth-order valence-corrected chi connectivity index (χ4v) is 3.75. The second-order valence-electron chi connectivity index (χ2n) is 8.50. The van der Waals surface area contributed by atoms with Crippen LogP contribution in [0, 0.1) is 12.7 Å². The SMILES string of the molecule is COC(=O)c1ccc(F)c(OCCCc2c(C)nn(COCC[Si](C)(C)C)c2C=O)c1. The van der Waals surface area contributed by atoms with E-state index in [1.165, 1.54) is 25.3 Å². The average molecular weight is 451 g/mol. The van der Waals surface area contributed by atoms with Crippen molar-refractivity contribution in [3.05, 3.63) is 46.5 Å². The molecular formula is C22H31FN2O5Si. The van der Waals surface area contributed by atoms with E-state index in [2.05, 4.69) is 29.5 Å². The van der Waals surface area contributed by atoms with E-state index < -0.39 is 19.9 Å². The number of halogens is 1. The predicted molar refractivity (Wildman–Crippen MR) is 118 cm³/mol. The van der Waals surface area contributed by atoms with Gasteiger partial charge in [-0.05, 0) is 44.0 Å². The number of benzene rings is 1. The number of hydrogen-bond donors (Lipinski definition) is 0. The van der Waals surface area contributed by atoms with Crippen molar-refractivity contribution in [1.82, 2.24) is 9.78 Å². The quantitative estimate of drug-likeness (QED) is 0.208. The van der Waals surface area contributed by atoms with Gasteiger partial charge in [0, 0.05) is 20.2 Å². The molecule has 1 aromatic heterocycles. The highest BCUT2D eigenvalue weighted by Crippen LogP contribution is 2.21. The Labute approximate surface area is 183 Å². The lowest BCUT2D eigenvalue weighted by atomic mass is 10.1. The Bertz CT molecular complexity index is 908. The number of rotatable bonds is 12. The standard InChI is InChI=1S/C22H31FN2O5Si/c1-16-18(20(14-26)25(24-16)15-29-11-12-31(3,4)5)7-6-10-30-21-13-17(22(27)28-2)8-9-19(21)23/h8-9,13-14H,6-7,10-12,15H2,1-5H3. The van der Waals surface area contributed by atoms with Gasteiger partial charge in [0.25, 0.3) is 0 Å². The largest absolute Gasteiger partial charge is 0.490 e. The molecule has 7 nitrogen and oxygen atoms in total. The third kappa shape index (κ3) is 7.29. The summed E-state index contributed by atoms with van der Waals surface area (Å²) in [5.41, 5.74) is 2.30. The number of nitrogens with zero attached hydrogens (tertiary/aromatic N) is 2. The van der Waals surface area contributed by atoms with Gasteiger partial charge >= 0.3 is 5.97 Å². The van der Waals surface area contributed by atoms with Gasteiger partial charge in [-0.3, -0.25) is 4.79 Å². The predicted octanol–water partition coefficient (Wildman–Crippen LogP) is 4.25. The number of aryl methyl sites for hydroxylation is 1. The molecule has 0 fully saturated rings. The van der Waals surface area contributed by atoms with Gasteiger partial charge in [0.1, 0.15) is 12.4 Å². The van der Waals surface area contributed by atoms with Crippen LogP contribution in [-0.4, -0.2) is 50.4 Å². The second-order valence-corrected chi connectivity index (χ2v) is 14.1. The van der Waals surface area contributed by atoms with Crippen LogP contribution in [0.2, 0.25) is 25.7 Å². The van der Waals surface area contributed by atoms with Gasteiger partial charge in [0.15, 0.2) is 17.9 Å². The van der Waals surface area contributed by atoms with Crippen LogP contribution in [0.25, 0.3) is 0 Å². The van der Waals surface area contributed by atoms with E-state index >= 15 is 0 Å². The number of hydrogen-bond acceptors (Lipinski definition) is 6. The van der Waals surface area contributed by atoms with Crippen LogP contribution in [0.1, 0.15) is 38.5 Å². The highest BCUT2D eigenvalue weighted by Gasteiger charge is 2.16. The molecule has 170 valence electrons. The second kappa shape index (κ2) is 11.2. The van der Waals surface area contributed by atoms with Crippen molar-refractivity contribution < 1.29 is 28.2 Å². The number of esters is 1. The molecule has 9 heteroatoms. The summed E-state index contributed by atoms with van der Waals surface area (Å²) >= 11 is 0. The van der Waals surface area contributed by atoms with E-state index in [1.54, 1.807) is 4.68 Å². The van der Waals surface area contributed by atoms with Gasteiger partial charge in [-0.2, -0.15) is 5.10 Å². The molecule has 31 heavy (non-hydrogen) atoms. The van der Waals surface area contributed by atoms with Crippen molar-refractivity contribution >= 4 is 20.3 Å². The van der Waals surface area contributed by atoms with Crippen molar-refractivity contribution in [2.75, 3.05) is 20.3 Å². The molecule has 0 bridgehead atoms. The summed E-state index contributed by atoms with van der Waals surface area (Å²) in [5, 5.41) is 4.43. The van der Waals surface area contributed by atoms with E-state index in [1.807, 2.05) is 6.92 Å². The first-order chi connectivity index (χ1) is 14.7. The molecule has 1 heterocycles. The molecule has 0 saturated heterocycles. The topological polar surface area (TPSA) is 79.7 Å². The first-order valence-corrected chi connectivity index (χ1v) is 14.0. The maximum atomic E-state index is 13.9. The Hall–Kier alpha value is -2.52. The molecule has 0 saturated carbocycles. The number of ether oxygens (including phenoxy) is 3. The zero-order valence-electron chi connectivity index (χ0n) is 18.9. The Morgan fingerprint density at radius 1 is 1.26 bits per heavy atom. The fourth-order valence-electron chi connectivity index (χ4n) is 3.00. The zero-order chi connectivity index (χ0) is 23.0. The van der Waals surface area contributed by atoms with Gasteiger partial charge in [0.2, 0.25) is 0 Å². The molecule has 0 unspecified atom stereocenters. The molecule has 0 aliphatic rings. The Balaban J connectivity index is 1.93. The third-order valence-electron chi connectivity index (χ3n) is 4.80. The fraction of sp³-hybridized carbons (Fsp3) is 0.500. The summed E-state index contributed by atoms with van der Waals surface area (Å²) in [6, 6.07) is 4.87. The highest BCUT2D eigenvalue weighted by atomic mass is 28.3. The first-order valence-electron chi connectivity index (χ1n) is 10.3. The normalized spacial score (nSPS) is 11.4. The molecule has 0 aliphatic carbocycles. The van der Waals surface area contributed by atoms with E-state index in [9.17, 15) is 14.0 Å². The van der Waals surface area contributed by atoms with Gasteiger partial charge in [-0.15, -0.1) is 0 Å². The summed E-state index contributed by atoms with van der Waals surface area (Å²) in [4.78, 5) is 23.2. The summed E-state index contributed by atoms with van der Waals surface area (Å²) in [6.45, 7) is 9.79. The minimum atomic E-state index is -1.18.